The third-order valence-corrected chi connectivity index (χ3v) is 8.35. The number of aromatic amines is 1. The van der Waals surface area contributed by atoms with Crippen LogP contribution >= 0.6 is 0 Å². The van der Waals surface area contributed by atoms with Gasteiger partial charge >= 0.3 is 0 Å². The zero-order valence-electron chi connectivity index (χ0n) is 23.6. The number of carbonyl (C=O) groups excluding carboxylic acids is 1. The number of H-pyrrole nitrogens is 1. The number of anilines is 1. The molecule has 10 heteroatoms. The fraction of sp³-hybridized carbons (Fsp3) is 0.242. The minimum absolute atomic E-state index is 0.0625. The number of nitrogens with one attached hydrogen (secondary N) is 1. The van der Waals surface area contributed by atoms with Crippen molar-refractivity contribution < 1.29 is 9.18 Å². The lowest BCUT2D eigenvalue weighted by Gasteiger charge is -2.33. The number of imidazole rings is 1. The van der Waals surface area contributed by atoms with Crippen molar-refractivity contribution in [2.45, 2.75) is 31.7 Å². The minimum Gasteiger partial charge on any atom is -0.368 e. The number of nitrogens with zero attached hydrogens (tertiary/aromatic N) is 6. The van der Waals surface area contributed by atoms with Gasteiger partial charge < -0.3 is 20.2 Å². The number of benzene rings is 2. The molecule has 9 nitrogen and oxygen atoms in total. The Morgan fingerprint density at radius 2 is 1.74 bits per heavy atom. The summed E-state index contributed by atoms with van der Waals surface area (Å²) in [5.74, 6) is -0.0422. The summed E-state index contributed by atoms with van der Waals surface area (Å²) in [5, 5.41) is 2.13. The van der Waals surface area contributed by atoms with Crippen LogP contribution in [0.4, 0.5) is 10.3 Å². The largest absolute Gasteiger partial charge is 0.368 e. The average molecular weight is 575 g/mol. The van der Waals surface area contributed by atoms with E-state index < -0.39 is 0 Å². The lowest BCUT2D eigenvalue weighted by molar-refractivity contribution is 0.0967. The normalized spacial score (nSPS) is 14.5. The van der Waals surface area contributed by atoms with E-state index in [1.54, 1.807) is 24.5 Å². The first kappa shape index (κ1) is 26.9. The van der Waals surface area contributed by atoms with Crippen LogP contribution in [-0.2, 0) is 0 Å². The number of fused-ring (bicyclic) bond motifs is 3. The topological polar surface area (TPSA) is 119 Å². The molecule has 3 N–H and O–H groups in total. The Bertz CT molecular complexity index is 1920. The molecule has 0 bridgehead atoms. The lowest BCUT2D eigenvalue weighted by atomic mass is 10.0. The lowest BCUT2D eigenvalue weighted by Crippen LogP contribution is -2.35. The second-order valence-corrected chi connectivity index (χ2v) is 11.0. The van der Waals surface area contributed by atoms with Crippen molar-refractivity contribution >= 4 is 33.5 Å². The van der Waals surface area contributed by atoms with Crippen LogP contribution in [0, 0.1) is 5.82 Å². The Morgan fingerprint density at radius 3 is 2.56 bits per heavy atom. The molecule has 0 spiro atoms. The predicted molar refractivity (Wildman–Crippen MR) is 165 cm³/mol. The Morgan fingerprint density at radius 1 is 0.953 bits per heavy atom. The first-order chi connectivity index (χ1) is 21.0. The van der Waals surface area contributed by atoms with Crippen LogP contribution in [0.1, 0.15) is 42.2 Å². The number of piperidine rings is 1. The van der Waals surface area contributed by atoms with E-state index in [1.165, 1.54) is 12.1 Å². The van der Waals surface area contributed by atoms with Crippen LogP contribution < -0.4 is 5.73 Å². The number of nitrogen functional groups attached to an aromatic ring is 1. The molecule has 1 aliphatic rings. The van der Waals surface area contributed by atoms with Gasteiger partial charge in [0.05, 0.1) is 28.9 Å². The number of para-hydroxylation sites is 1. The number of rotatable bonds is 8. The molecule has 0 aliphatic carbocycles. The van der Waals surface area contributed by atoms with Gasteiger partial charge in [-0.2, -0.15) is 0 Å². The van der Waals surface area contributed by atoms with E-state index in [1.807, 2.05) is 36.7 Å². The van der Waals surface area contributed by atoms with Gasteiger partial charge in [-0.1, -0.05) is 18.2 Å². The van der Waals surface area contributed by atoms with Gasteiger partial charge in [-0.3, -0.25) is 9.78 Å². The molecule has 0 amide bonds. The quantitative estimate of drug-likeness (QED) is 0.212. The van der Waals surface area contributed by atoms with Gasteiger partial charge in [-0.25, -0.2) is 19.3 Å². The average Bonchev–Trinajstić information content (AvgIpc) is 3.64. The van der Waals surface area contributed by atoms with Crippen LogP contribution in [0.25, 0.3) is 44.5 Å². The molecule has 0 unspecified atom stereocenters. The number of likely N-dealkylation sites (tertiary alicyclic amines) is 1. The van der Waals surface area contributed by atoms with Crippen molar-refractivity contribution in [3.8, 4) is 22.6 Å². The molecule has 216 valence electrons. The number of halogens is 1. The zero-order chi connectivity index (χ0) is 29.3. The smallest absolute Gasteiger partial charge is 0.220 e. The summed E-state index contributed by atoms with van der Waals surface area (Å²) >= 11 is 0. The van der Waals surface area contributed by atoms with Crippen molar-refractivity contribution in [3.63, 3.8) is 0 Å². The van der Waals surface area contributed by atoms with Gasteiger partial charge in [0, 0.05) is 59.8 Å². The van der Waals surface area contributed by atoms with E-state index in [4.69, 9.17) is 10.7 Å². The van der Waals surface area contributed by atoms with E-state index >= 15 is 0 Å². The van der Waals surface area contributed by atoms with Gasteiger partial charge in [-0.05, 0) is 68.3 Å². The SMILES string of the molecule is Nc1nccc(-c2c(-c3ccc(F)cc3)ncn2C2CCN(CCCC(=O)c3nccc4c3[nH]c3ccccc34)CC2)n1. The highest BCUT2D eigenvalue weighted by molar-refractivity contribution is 6.14. The molecule has 1 aliphatic heterocycles. The molecule has 0 saturated carbocycles. The Hall–Kier alpha value is -4.96. The van der Waals surface area contributed by atoms with E-state index in [2.05, 4.69) is 35.5 Å². The molecule has 5 heterocycles. The Balaban J connectivity index is 1.02. The summed E-state index contributed by atoms with van der Waals surface area (Å²) in [5.41, 5.74) is 11.4. The van der Waals surface area contributed by atoms with Crippen molar-refractivity contribution in [2.75, 3.05) is 25.4 Å². The Labute approximate surface area is 247 Å². The van der Waals surface area contributed by atoms with Gasteiger partial charge in [0.2, 0.25) is 5.95 Å². The summed E-state index contributed by atoms with van der Waals surface area (Å²) in [4.78, 5) is 36.7. The summed E-state index contributed by atoms with van der Waals surface area (Å²) in [6.07, 6.45) is 8.29. The van der Waals surface area contributed by atoms with Crippen LogP contribution in [-0.4, -0.2) is 59.8 Å². The molecule has 1 saturated heterocycles. The molecular weight excluding hydrogens is 543 g/mol. The van der Waals surface area contributed by atoms with E-state index in [0.29, 0.717) is 17.8 Å². The fourth-order valence-electron chi connectivity index (χ4n) is 6.20. The second-order valence-electron chi connectivity index (χ2n) is 11.0. The number of ketones is 1. The first-order valence-corrected chi connectivity index (χ1v) is 14.6. The molecule has 2 aromatic carbocycles. The second kappa shape index (κ2) is 11.4. The fourth-order valence-corrected chi connectivity index (χ4v) is 6.20. The van der Waals surface area contributed by atoms with Crippen molar-refractivity contribution in [2.24, 2.45) is 0 Å². The highest BCUT2D eigenvalue weighted by atomic mass is 19.1. The molecule has 43 heavy (non-hydrogen) atoms. The molecule has 0 atom stereocenters. The zero-order valence-corrected chi connectivity index (χ0v) is 23.6. The van der Waals surface area contributed by atoms with E-state index in [-0.39, 0.29) is 23.6 Å². The van der Waals surface area contributed by atoms with E-state index in [9.17, 15) is 9.18 Å². The molecule has 7 rings (SSSR count). The molecule has 4 aromatic heterocycles. The molecule has 6 aromatic rings. The maximum atomic E-state index is 13.6. The standard InChI is InChI=1S/C33H31FN8O/c34-22-9-7-21(8-10-22)29-32(27-12-16-37-33(35)40-27)42(20-38-29)23-13-18-41(19-14-23)17-3-6-28(43)31-30-25(11-15-36-31)24-4-1-2-5-26(24)39-30/h1-2,4-5,7-12,15-16,20,23,39H,3,6,13-14,17-19H2,(H2,35,37,40). The summed E-state index contributed by atoms with van der Waals surface area (Å²) in [6.45, 7) is 2.66. The van der Waals surface area contributed by atoms with Crippen molar-refractivity contribution in [3.05, 3.63) is 90.9 Å². The minimum atomic E-state index is -0.295. The first-order valence-electron chi connectivity index (χ1n) is 14.6. The van der Waals surface area contributed by atoms with Gasteiger partial charge in [0.1, 0.15) is 11.5 Å². The molecular formula is C33H31FN8O. The number of Topliss-reactive ketones (excluding diaryl/α,β-unsaturated/α-hetero) is 1. The van der Waals surface area contributed by atoms with Crippen LogP contribution in [0.3, 0.4) is 0 Å². The number of pyridine rings is 1. The van der Waals surface area contributed by atoms with E-state index in [0.717, 1.165) is 77.7 Å². The number of hydrogen-bond acceptors (Lipinski definition) is 7. The highest BCUT2D eigenvalue weighted by Gasteiger charge is 2.26. The third kappa shape index (κ3) is 5.25. The molecule has 1 fully saturated rings. The number of nitrogens with two attached hydrogens (primary N) is 1. The monoisotopic (exact) mass is 574 g/mol. The van der Waals surface area contributed by atoms with Gasteiger partial charge in [0.15, 0.2) is 5.78 Å². The summed E-state index contributed by atoms with van der Waals surface area (Å²) in [7, 11) is 0. The highest BCUT2D eigenvalue weighted by Crippen LogP contribution is 2.35. The molecule has 0 radical (unpaired) electrons. The van der Waals surface area contributed by atoms with Crippen molar-refractivity contribution in [1.82, 2.24) is 34.4 Å². The van der Waals surface area contributed by atoms with Crippen molar-refractivity contribution in [1.29, 1.82) is 0 Å². The predicted octanol–water partition coefficient (Wildman–Crippen LogP) is 6.06. The summed E-state index contributed by atoms with van der Waals surface area (Å²) in [6, 6.07) is 18.4. The number of aromatic nitrogens is 6. The van der Waals surface area contributed by atoms with Gasteiger partial charge in [0.25, 0.3) is 0 Å². The van der Waals surface area contributed by atoms with Gasteiger partial charge in [-0.15, -0.1) is 0 Å². The van der Waals surface area contributed by atoms with Crippen LogP contribution in [0.2, 0.25) is 0 Å². The maximum absolute atomic E-state index is 13.6. The van der Waals surface area contributed by atoms with Crippen LogP contribution in [0.5, 0.6) is 0 Å². The third-order valence-electron chi connectivity index (χ3n) is 8.35. The van der Waals surface area contributed by atoms with Crippen LogP contribution in [0.15, 0.2) is 79.4 Å². The summed E-state index contributed by atoms with van der Waals surface area (Å²) < 4.78 is 15.8. The Kier molecular flexibility index (Phi) is 7.12. The maximum Gasteiger partial charge on any atom is 0.220 e. The number of carbonyl (C=O) groups is 1. The number of hydrogen-bond donors (Lipinski definition) is 2.